The minimum atomic E-state index is -0.537. The van der Waals surface area contributed by atoms with Crippen molar-refractivity contribution < 1.29 is 14.3 Å². The van der Waals surface area contributed by atoms with Crippen LogP contribution in [0.1, 0.15) is 15.9 Å². The maximum absolute atomic E-state index is 12.4. The molecule has 0 aliphatic rings. The van der Waals surface area contributed by atoms with Crippen LogP contribution >= 0.6 is 0 Å². The highest BCUT2D eigenvalue weighted by atomic mass is 16.5. The number of amides is 2. The average molecular weight is 349 g/mol. The predicted octanol–water partition coefficient (Wildman–Crippen LogP) is 2.94. The molecule has 2 amide bonds. The fourth-order valence-corrected chi connectivity index (χ4v) is 2.24. The molecule has 0 unspecified atom stereocenters. The molecule has 0 bridgehead atoms. The van der Waals surface area contributed by atoms with Gasteiger partial charge in [-0.15, -0.1) is 0 Å². The number of benzene rings is 2. The summed E-state index contributed by atoms with van der Waals surface area (Å²) in [6.45, 7) is 0. The molecule has 26 heavy (non-hydrogen) atoms. The van der Waals surface area contributed by atoms with Gasteiger partial charge in [-0.2, -0.15) is 5.26 Å². The fraction of sp³-hybridized carbons (Fsp3) is 0.150. The number of hydrogen-bond acceptors (Lipinski definition) is 4. The molecule has 2 aromatic rings. The Balaban J connectivity index is 2.18. The van der Waals surface area contributed by atoms with Gasteiger partial charge in [0.15, 0.2) is 0 Å². The number of methoxy groups -OCH3 is 1. The number of para-hydroxylation sites is 1. The Bertz CT molecular complexity index is 878. The van der Waals surface area contributed by atoms with E-state index in [4.69, 9.17) is 4.74 Å². The van der Waals surface area contributed by atoms with Gasteiger partial charge in [0.05, 0.1) is 7.11 Å². The molecule has 6 heteroatoms. The predicted molar refractivity (Wildman–Crippen MR) is 99.7 cm³/mol. The van der Waals surface area contributed by atoms with Crippen molar-refractivity contribution in [3.8, 4) is 11.8 Å². The molecule has 132 valence electrons. The molecule has 0 spiro atoms. The number of hydrogen-bond donors (Lipinski definition) is 1. The number of carbonyl (C=O) groups is 2. The summed E-state index contributed by atoms with van der Waals surface area (Å²) >= 11 is 0. The van der Waals surface area contributed by atoms with Gasteiger partial charge >= 0.3 is 0 Å². The summed E-state index contributed by atoms with van der Waals surface area (Å²) in [7, 11) is 4.86. The van der Waals surface area contributed by atoms with E-state index in [2.05, 4.69) is 5.32 Å². The van der Waals surface area contributed by atoms with Crippen molar-refractivity contribution in [3.63, 3.8) is 0 Å². The highest BCUT2D eigenvalue weighted by Gasteiger charge is 2.12. The monoisotopic (exact) mass is 349 g/mol. The Labute approximate surface area is 152 Å². The minimum absolute atomic E-state index is 0.0528. The highest BCUT2D eigenvalue weighted by molar-refractivity contribution is 6.10. The average Bonchev–Trinajstić information content (AvgIpc) is 2.66. The zero-order chi connectivity index (χ0) is 19.1. The van der Waals surface area contributed by atoms with Crippen LogP contribution in [0.5, 0.6) is 5.75 Å². The van der Waals surface area contributed by atoms with Gasteiger partial charge in [0.25, 0.3) is 11.8 Å². The molecule has 0 aliphatic carbocycles. The molecule has 2 aromatic carbocycles. The molecule has 0 radical (unpaired) electrons. The number of nitrogens with one attached hydrogen (secondary N) is 1. The van der Waals surface area contributed by atoms with Crippen LogP contribution in [0.4, 0.5) is 5.69 Å². The van der Waals surface area contributed by atoms with Gasteiger partial charge in [-0.1, -0.05) is 18.2 Å². The van der Waals surface area contributed by atoms with E-state index >= 15 is 0 Å². The van der Waals surface area contributed by atoms with E-state index < -0.39 is 5.91 Å². The lowest BCUT2D eigenvalue weighted by atomic mass is 10.1. The first kappa shape index (κ1) is 18.7. The summed E-state index contributed by atoms with van der Waals surface area (Å²) in [4.78, 5) is 25.7. The fourth-order valence-electron chi connectivity index (χ4n) is 2.24. The molecule has 0 atom stereocenters. The van der Waals surface area contributed by atoms with Crippen molar-refractivity contribution >= 4 is 23.6 Å². The van der Waals surface area contributed by atoms with Crippen LogP contribution in [0, 0.1) is 11.3 Å². The maximum Gasteiger partial charge on any atom is 0.266 e. The third kappa shape index (κ3) is 4.48. The largest absolute Gasteiger partial charge is 0.496 e. The lowest BCUT2D eigenvalue weighted by Crippen LogP contribution is -2.21. The van der Waals surface area contributed by atoms with Gasteiger partial charge in [-0.25, -0.2) is 0 Å². The topological polar surface area (TPSA) is 82.4 Å². The Kier molecular flexibility index (Phi) is 6.12. The summed E-state index contributed by atoms with van der Waals surface area (Å²) in [5.74, 6) is -0.0960. The molecular formula is C20H19N3O3. The first-order chi connectivity index (χ1) is 12.5. The van der Waals surface area contributed by atoms with E-state index in [-0.39, 0.29) is 11.5 Å². The zero-order valence-electron chi connectivity index (χ0n) is 14.8. The Morgan fingerprint density at radius 2 is 1.77 bits per heavy atom. The number of nitriles is 1. The van der Waals surface area contributed by atoms with Crippen LogP contribution in [0.15, 0.2) is 54.1 Å². The van der Waals surface area contributed by atoms with Crippen LogP contribution in [0.2, 0.25) is 0 Å². The van der Waals surface area contributed by atoms with Crippen molar-refractivity contribution in [1.82, 2.24) is 4.90 Å². The van der Waals surface area contributed by atoms with E-state index in [0.717, 1.165) is 0 Å². The van der Waals surface area contributed by atoms with Gasteiger partial charge in [-0.05, 0) is 36.4 Å². The van der Waals surface area contributed by atoms with E-state index in [9.17, 15) is 14.9 Å². The van der Waals surface area contributed by atoms with Crippen molar-refractivity contribution in [1.29, 1.82) is 5.26 Å². The first-order valence-electron chi connectivity index (χ1n) is 7.84. The van der Waals surface area contributed by atoms with Gasteiger partial charge in [0.1, 0.15) is 17.4 Å². The minimum Gasteiger partial charge on any atom is -0.496 e. The first-order valence-corrected chi connectivity index (χ1v) is 7.84. The lowest BCUT2D eigenvalue weighted by Gasteiger charge is -2.11. The van der Waals surface area contributed by atoms with Crippen LogP contribution in [0.25, 0.3) is 6.08 Å². The van der Waals surface area contributed by atoms with Crippen molar-refractivity contribution in [2.45, 2.75) is 0 Å². The van der Waals surface area contributed by atoms with E-state index in [1.165, 1.54) is 18.1 Å². The van der Waals surface area contributed by atoms with Crippen LogP contribution < -0.4 is 10.1 Å². The van der Waals surface area contributed by atoms with Gasteiger partial charge < -0.3 is 15.0 Å². The SMILES string of the molecule is COc1ccccc1/C=C(\C#N)C(=O)Nc1ccc(C(=O)N(C)C)cc1. The third-order valence-electron chi connectivity index (χ3n) is 3.60. The summed E-state index contributed by atoms with van der Waals surface area (Å²) in [6, 6.07) is 15.5. The molecule has 0 heterocycles. The molecule has 1 N–H and O–H groups in total. The van der Waals surface area contributed by atoms with E-state index in [1.54, 1.807) is 62.6 Å². The van der Waals surface area contributed by atoms with Crippen molar-refractivity contribution in [2.24, 2.45) is 0 Å². The summed E-state index contributed by atoms with van der Waals surface area (Å²) in [6.07, 6.45) is 1.47. The second kappa shape index (κ2) is 8.49. The molecule has 0 saturated carbocycles. The Morgan fingerprint density at radius 3 is 2.35 bits per heavy atom. The zero-order valence-corrected chi connectivity index (χ0v) is 14.8. The number of carbonyl (C=O) groups excluding carboxylic acids is 2. The number of ether oxygens (including phenoxy) is 1. The summed E-state index contributed by atoms with van der Waals surface area (Å²) in [5.41, 5.74) is 1.58. The summed E-state index contributed by atoms with van der Waals surface area (Å²) in [5, 5.41) is 12.0. The second-order valence-electron chi connectivity index (χ2n) is 5.64. The van der Waals surface area contributed by atoms with Gasteiger partial charge in [0, 0.05) is 30.9 Å². The van der Waals surface area contributed by atoms with Gasteiger partial charge in [0.2, 0.25) is 0 Å². The molecule has 2 rings (SSSR count). The number of rotatable bonds is 5. The normalized spacial score (nSPS) is 10.6. The Hall–Kier alpha value is -3.59. The van der Waals surface area contributed by atoms with Gasteiger partial charge in [-0.3, -0.25) is 9.59 Å². The molecule has 0 aliphatic heterocycles. The van der Waals surface area contributed by atoms with Crippen LogP contribution in [-0.4, -0.2) is 37.9 Å². The quantitative estimate of drug-likeness (QED) is 0.664. The number of nitrogens with zero attached hydrogens (tertiary/aromatic N) is 2. The van der Waals surface area contributed by atoms with Crippen molar-refractivity contribution in [3.05, 3.63) is 65.2 Å². The third-order valence-corrected chi connectivity index (χ3v) is 3.60. The molecule has 6 nitrogen and oxygen atoms in total. The maximum atomic E-state index is 12.4. The summed E-state index contributed by atoms with van der Waals surface area (Å²) < 4.78 is 5.22. The highest BCUT2D eigenvalue weighted by Crippen LogP contribution is 2.21. The van der Waals surface area contributed by atoms with Crippen molar-refractivity contribution in [2.75, 3.05) is 26.5 Å². The van der Waals surface area contributed by atoms with E-state index in [1.807, 2.05) is 6.07 Å². The lowest BCUT2D eigenvalue weighted by molar-refractivity contribution is -0.112. The standard InChI is InChI=1S/C20H19N3O3/c1-23(2)20(25)14-8-10-17(11-9-14)22-19(24)16(13-21)12-15-6-4-5-7-18(15)26-3/h4-12H,1-3H3,(H,22,24)/b16-12+. The van der Waals surface area contributed by atoms with Crippen LogP contribution in [-0.2, 0) is 4.79 Å². The smallest absolute Gasteiger partial charge is 0.266 e. The molecule has 0 saturated heterocycles. The molecule has 0 aromatic heterocycles. The Morgan fingerprint density at radius 1 is 1.12 bits per heavy atom. The number of anilines is 1. The van der Waals surface area contributed by atoms with Crippen LogP contribution in [0.3, 0.4) is 0 Å². The second-order valence-corrected chi connectivity index (χ2v) is 5.64. The molecule has 0 fully saturated rings. The molecular weight excluding hydrogens is 330 g/mol. The van der Waals surface area contributed by atoms with E-state index in [0.29, 0.717) is 22.6 Å².